The minimum atomic E-state index is 0.192. The van der Waals surface area contributed by atoms with Crippen LogP contribution in [0, 0.1) is 0 Å². The van der Waals surface area contributed by atoms with Gasteiger partial charge in [-0.2, -0.15) is 0 Å². The van der Waals surface area contributed by atoms with Crippen LogP contribution < -0.4 is 5.32 Å². The van der Waals surface area contributed by atoms with Gasteiger partial charge in [0.2, 0.25) is 0 Å². The monoisotopic (exact) mass is 239 g/mol. The van der Waals surface area contributed by atoms with E-state index in [2.05, 4.69) is 36.7 Å². The van der Waals surface area contributed by atoms with Crippen LogP contribution in [0.3, 0.4) is 0 Å². The number of rotatable bonds is 5. The van der Waals surface area contributed by atoms with Gasteiger partial charge in [-0.3, -0.25) is 0 Å². The third kappa shape index (κ3) is 3.06. The normalized spacial score (nSPS) is 27.1. The number of hydrogen-bond acceptors (Lipinski definition) is 3. The Morgan fingerprint density at radius 1 is 1.62 bits per heavy atom. The van der Waals surface area contributed by atoms with E-state index >= 15 is 0 Å². The SMILES string of the molecule is CCC(Cc1cccs1)NC1(C)CCOC1. The summed E-state index contributed by atoms with van der Waals surface area (Å²) in [5.74, 6) is 0. The third-order valence-electron chi connectivity index (χ3n) is 3.29. The van der Waals surface area contributed by atoms with Crippen LogP contribution in [0.4, 0.5) is 0 Å². The first-order chi connectivity index (χ1) is 7.72. The molecule has 2 heterocycles. The predicted molar refractivity (Wildman–Crippen MR) is 69.1 cm³/mol. The zero-order valence-corrected chi connectivity index (χ0v) is 11.0. The Hall–Kier alpha value is -0.380. The van der Waals surface area contributed by atoms with Crippen molar-refractivity contribution < 1.29 is 4.74 Å². The molecule has 2 unspecified atom stereocenters. The van der Waals surface area contributed by atoms with Gasteiger partial charge < -0.3 is 10.1 Å². The van der Waals surface area contributed by atoms with E-state index in [1.165, 1.54) is 11.3 Å². The van der Waals surface area contributed by atoms with Crippen molar-refractivity contribution in [2.24, 2.45) is 0 Å². The smallest absolute Gasteiger partial charge is 0.0646 e. The lowest BCUT2D eigenvalue weighted by atomic mass is 9.98. The molecule has 0 amide bonds. The van der Waals surface area contributed by atoms with Crippen LogP contribution in [0.25, 0.3) is 0 Å². The molecule has 1 aliphatic heterocycles. The highest BCUT2D eigenvalue weighted by atomic mass is 32.1. The first kappa shape index (κ1) is 12.1. The molecule has 1 aromatic heterocycles. The van der Waals surface area contributed by atoms with Crippen molar-refractivity contribution in [3.05, 3.63) is 22.4 Å². The maximum absolute atomic E-state index is 5.48. The van der Waals surface area contributed by atoms with Crippen molar-refractivity contribution in [2.75, 3.05) is 13.2 Å². The van der Waals surface area contributed by atoms with Gasteiger partial charge in [-0.25, -0.2) is 0 Å². The maximum atomic E-state index is 5.48. The van der Waals surface area contributed by atoms with Crippen LogP contribution in [0.5, 0.6) is 0 Å². The summed E-state index contributed by atoms with van der Waals surface area (Å²) in [6.07, 6.45) is 3.45. The fourth-order valence-corrected chi connectivity index (χ4v) is 3.03. The summed E-state index contributed by atoms with van der Waals surface area (Å²) in [5, 5.41) is 5.92. The molecule has 0 spiro atoms. The van der Waals surface area contributed by atoms with Gasteiger partial charge in [0.1, 0.15) is 0 Å². The second-order valence-corrected chi connectivity index (χ2v) is 5.93. The minimum absolute atomic E-state index is 0.192. The molecular weight excluding hydrogens is 218 g/mol. The molecule has 1 fully saturated rings. The first-order valence-corrected chi connectivity index (χ1v) is 6.98. The molecule has 0 bridgehead atoms. The van der Waals surface area contributed by atoms with E-state index in [9.17, 15) is 0 Å². The summed E-state index contributed by atoms with van der Waals surface area (Å²) < 4.78 is 5.48. The molecule has 0 aliphatic carbocycles. The Morgan fingerprint density at radius 2 is 2.50 bits per heavy atom. The van der Waals surface area contributed by atoms with Crippen LogP contribution in [-0.4, -0.2) is 24.8 Å². The van der Waals surface area contributed by atoms with E-state index in [0.717, 1.165) is 26.1 Å². The number of ether oxygens (including phenoxy) is 1. The van der Waals surface area contributed by atoms with Crippen molar-refractivity contribution in [1.29, 1.82) is 0 Å². The highest BCUT2D eigenvalue weighted by Gasteiger charge is 2.31. The van der Waals surface area contributed by atoms with Crippen molar-refractivity contribution in [3.63, 3.8) is 0 Å². The van der Waals surface area contributed by atoms with E-state index in [4.69, 9.17) is 4.74 Å². The lowest BCUT2D eigenvalue weighted by Gasteiger charge is -2.29. The van der Waals surface area contributed by atoms with Crippen molar-refractivity contribution in [1.82, 2.24) is 5.32 Å². The molecule has 2 nitrogen and oxygen atoms in total. The van der Waals surface area contributed by atoms with Gasteiger partial charge in [-0.15, -0.1) is 11.3 Å². The minimum Gasteiger partial charge on any atom is -0.379 e. The molecule has 1 aliphatic rings. The van der Waals surface area contributed by atoms with Gasteiger partial charge in [0, 0.05) is 23.1 Å². The molecule has 16 heavy (non-hydrogen) atoms. The molecule has 1 aromatic rings. The Morgan fingerprint density at radius 3 is 3.06 bits per heavy atom. The molecule has 1 saturated heterocycles. The zero-order chi connectivity index (χ0) is 11.4. The number of nitrogens with one attached hydrogen (secondary N) is 1. The summed E-state index contributed by atoms with van der Waals surface area (Å²) in [6.45, 7) is 6.29. The lowest BCUT2D eigenvalue weighted by molar-refractivity contribution is 0.166. The van der Waals surface area contributed by atoms with Gasteiger partial charge in [-0.05, 0) is 37.6 Å². The summed E-state index contributed by atoms with van der Waals surface area (Å²) in [7, 11) is 0. The predicted octanol–water partition coefficient (Wildman–Crippen LogP) is 2.84. The van der Waals surface area contributed by atoms with Crippen molar-refractivity contribution in [2.45, 2.75) is 44.7 Å². The first-order valence-electron chi connectivity index (χ1n) is 6.10. The summed E-state index contributed by atoms with van der Waals surface area (Å²) >= 11 is 1.85. The Balaban J connectivity index is 1.90. The Labute approximate surface area is 102 Å². The highest BCUT2D eigenvalue weighted by molar-refractivity contribution is 7.09. The van der Waals surface area contributed by atoms with Crippen LogP contribution in [-0.2, 0) is 11.2 Å². The maximum Gasteiger partial charge on any atom is 0.0646 e. The fraction of sp³-hybridized carbons (Fsp3) is 0.692. The summed E-state index contributed by atoms with van der Waals surface area (Å²) in [5.41, 5.74) is 0.192. The van der Waals surface area contributed by atoms with E-state index in [-0.39, 0.29) is 5.54 Å². The van der Waals surface area contributed by atoms with Crippen molar-refractivity contribution in [3.8, 4) is 0 Å². The number of thiophene rings is 1. The standard InChI is InChI=1S/C13H21NOS/c1-3-11(9-12-5-4-8-16-12)14-13(2)6-7-15-10-13/h4-5,8,11,14H,3,6-7,9-10H2,1-2H3. The van der Waals surface area contributed by atoms with Crippen LogP contribution in [0.15, 0.2) is 17.5 Å². The van der Waals surface area contributed by atoms with Crippen LogP contribution >= 0.6 is 11.3 Å². The highest BCUT2D eigenvalue weighted by Crippen LogP contribution is 2.21. The van der Waals surface area contributed by atoms with Gasteiger partial charge in [0.25, 0.3) is 0 Å². The van der Waals surface area contributed by atoms with Gasteiger partial charge >= 0.3 is 0 Å². The van der Waals surface area contributed by atoms with Gasteiger partial charge in [0.15, 0.2) is 0 Å². The molecule has 0 aromatic carbocycles. The van der Waals surface area contributed by atoms with Gasteiger partial charge in [-0.1, -0.05) is 13.0 Å². The second kappa shape index (κ2) is 5.30. The average Bonchev–Trinajstić information content (AvgIpc) is 2.89. The van der Waals surface area contributed by atoms with Crippen LogP contribution in [0.1, 0.15) is 31.6 Å². The molecule has 0 radical (unpaired) electrons. The molecule has 2 rings (SSSR count). The van der Waals surface area contributed by atoms with Gasteiger partial charge in [0.05, 0.1) is 6.61 Å². The second-order valence-electron chi connectivity index (χ2n) is 4.90. The van der Waals surface area contributed by atoms with E-state index < -0.39 is 0 Å². The molecule has 0 saturated carbocycles. The molecule has 3 heteroatoms. The zero-order valence-electron chi connectivity index (χ0n) is 10.2. The average molecular weight is 239 g/mol. The van der Waals surface area contributed by atoms with Crippen LogP contribution in [0.2, 0.25) is 0 Å². The summed E-state index contributed by atoms with van der Waals surface area (Å²) in [4.78, 5) is 1.47. The molecule has 90 valence electrons. The summed E-state index contributed by atoms with van der Waals surface area (Å²) in [6, 6.07) is 4.93. The topological polar surface area (TPSA) is 21.3 Å². The van der Waals surface area contributed by atoms with Crippen molar-refractivity contribution >= 4 is 11.3 Å². The fourth-order valence-electron chi connectivity index (χ4n) is 2.24. The Bertz CT molecular complexity index is 304. The quantitative estimate of drug-likeness (QED) is 0.853. The molecule has 2 atom stereocenters. The van der Waals surface area contributed by atoms with E-state index in [0.29, 0.717) is 6.04 Å². The van der Waals surface area contributed by atoms with E-state index in [1.807, 2.05) is 11.3 Å². The largest absolute Gasteiger partial charge is 0.379 e. The van der Waals surface area contributed by atoms with E-state index in [1.54, 1.807) is 0 Å². The Kier molecular flexibility index (Phi) is 4.00. The molecule has 1 N–H and O–H groups in total. The third-order valence-corrected chi connectivity index (χ3v) is 4.19. The number of hydrogen-bond donors (Lipinski definition) is 1. The molecular formula is C13H21NOS. The lowest BCUT2D eigenvalue weighted by Crippen LogP contribution is -2.49.